The molecule has 1 amide bonds. The van der Waals surface area contributed by atoms with Gasteiger partial charge in [-0.05, 0) is 11.8 Å². The molecule has 7 nitrogen and oxygen atoms in total. The minimum absolute atomic E-state index is 0.0837. The van der Waals surface area contributed by atoms with E-state index in [-0.39, 0.29) is 29.5 Å². The number of rotatable bonds is 4. The predicted molar refractivity (Wildman–Crippen MR) is 78.0 cm³/mol. The molecule has 1 fully saturated rings. The molecule has 8 heteroatoms. The molecule has 0 bridgehead atoms. The lowest BCUT2D eigenvalue weighted by Crippen LogP contribution is -2.42. The number of hydrogen-bond acceptors (Lipinski definition) is 5. The Kier molecular flexibility index (Phi) is 4.58. The van der Waals surface area contributed by atoms with Crippen LogP contribution in [0.3, 0.4) is 0 Å². The van der Waals surface area contributed by atoms with Crippen LogP contribution in [0.1, 0.15) is 24.3 Å². The van der Waals surface area contributed by atoms with Gasteiger partial charge < -0.3 is 5.32 Å². The van der Waals surface area contributed by atoms with Crippen molar-refractivity contribution in [1.82, 2.24) is 19.6 Å². The van der Waals surface area contributed by atoms with E-state index in [4.69, 9.17) is 0 Å². The van der Waals surface area contributed by atoms with Crippen LogP contribution in [0.2, 0.25) is 0 Å². The summed E-state index contributed by atoms with van der Waals surface area (Å²) in [5, 5.41) is 2.88. The summed E-state index contributed by atoms with van der Waals surface area (Å²) in [6.45, 7) is 4.78. The third kappa shape index (κ3) is 3.76. The van der Waals surface area contributed by atoms with Gasteiger partial charge in [-0.3, -0.25) is 9.78 Å². The van der Waals surface area contributed by atoms with Gasteiger partial charge in [-0.15, -0.1) is 0 Å². The lowest BCUT2D eigenvalue weighted by atomic mass is 9.91. The van der Waals surface area contributed by atoms with Crippen molar-refractivity contribution in [2.24, 2.45) is 11.8 Å². The molecule has 0 aliphatic carbocycles. The zero-order valence-corrected chi connectivity index (χ0v) is 13.2. The Morgan fingerprint density at radius 2 is 2.10 bits per heavy atom. The SMILES string of the molecule is CC(C)C1CN(S(C)(=O)=O)CC1NC(=O)c1cnccn1. The molecule has 2 heterocycles. The van der Waals surface area contributed by atoms with E-state index >= 15 is 0 Å². The van der Waals surface area contributed by atoms with E-state index in [9.17, 15) is 13.2 Å². The average Bonchev–Trinajstić information content (AvgIpc) is 2.84. The maximum absolute atomic E-state index is 12.1. The number of hydrogen-bond donors (Lipinski definition) is 1. The number of nitrogens with zero attached hydrogens (tertiary/aromatic N) is 3. The number of carbonyl (C=O) groups is 1. The van der Waals surface area contributed by atoms with Crippen molar-refractivity contribution < 1.29 is 13.2 Å². The Morgan fingerprint density at radius 3 is 2.62 bits per heavy atom. The van der Waals surface area contributed by atoms with E-state index in [0.29, 0.717) is 13.1 Å². The van der Waals surface area contributed by atoms with Crippen LogP contribution in [-0.4, -0.2) is 54.0 Å². The van der Waals surface area contributed by atoms with Crippen molar-refractivity contribution in [3.63, 3.8) is 0 Å². The van der Waals surface area contributed by atoms with Gasteiger partial charge in [0, 0.05) is 31.5 Å². The van der Waals surface area contributed by atoms with Gasteiger partial charge in [-0.2, -0.15) is 4.31 Å². The van der Waals surface area contributed by atoms with Gasteiger partial charge in [0.05, 0.1) is 12.5 Å². The smallest absolute Gasteiger partial charge is 0.271 e. The minimum atomic E-state index is -3.25. The van der Waals surface area contributed by atoms with Gasteiger partial charge in [0.1, 0.15) is 5.69 Å². The van der Waals surface area contributed by atoms with E-state index in [2.05, 4.69) is 15.3 Å². The fourth-order valence-corrected chi connectivity index (χ4v) is 3.42. The number of nitrogens with one attached hydrogen (secondary N) is 1. The number of aromatic nitrogens is 2. The van der Waals surface area contributed by atoms with Crippen LogP contribution in [0.25, 0.3) is 0 Å². The van der Waals surface area contributed by atoms with E-state index < -0.39 is 10.0 Å². The Labute approximate surface area is 124 Å². The third-order valence-corrected chi connectivity index (χ3v) is 5.01. The minimum Gasteiger partial charge on any atom is -0.346 e. The lowest BCUT2D eigenvalue weighted by molar-refractivity contribution is 0.0920. The van der Waals surface area contributed by atoms with Gasteiger partial charge in [-0.25, -0.2) is 13.4 Å². The average molecular weight is 312 g/mol. The molecule has 0 aromatic carbocycles. The first-order valence-electron chi connectivity index (χ1n) is 6.81. The van der Waals surface area contributed by atoms with Crippen LogP contribution in [0.4, 0.5) is 0 Å². The Hall–Kier alpha value is -1.54. The summed E-state index contributed by atoms with van der Waals surface area (Å²) in [6, 6.07) is -0.214. The first-order chi connectivity index (χ1) is 9.79. The molecule has 0 spiro atoms. The summed E-state index contributed by atoms with van der Waals surface area (Å²) in [4.78, 5) is 20.0. The molecule has 1 saturated heterocycles. The lowest BCUT2D eigenvalue weighted by Gasteiger charge is -2.22. The maximum Gasteiger partial charge on any atom is 0.271 e. The fraction of sp³-hybridized carbons (Fsp3) is 0.615. The molecule has 2 rings (SSSR count). The highest BCUT2D eigenvalue weighted by Gasteiger charge is 2.39. The first-order valence-corrected chi connectivity index (χ1v) is 8.66. The summed E-state index contributed by atoms with van der Waals surface area (Å²) in [5.41, 5.74) is 0.234. The highest BCUT2D eigenvalue weighted by Crippen LogP contribution is 2.26. The van der Waals surface area contributed by atoms with Crippen LogP contribution in [0, 0.1) is 11.8 Å². The maximum atomic E-state index is 12.1. The van der Waals surface area contributed by atoms with E-state index in [1.54, 1.807) is 0 Å². The highest BCUT2D eigenvalue weighted by molar-refractivity contribution is 7.88. The molecular formula is C13H20N4O3S. The molecule has 0 radical (unpaired) electrons. The molecule has 21 heavy (non-hydrogen) atoms. The Bertz CT molecular complexity index is 603. The molecule has 1 aromatic rings. The van der Waals surface area contributed by atoms with Crippen LogP contribution < -0.4 is 5.32 Å². The first kappa shape index (κ1) is 15.8. The van der Waals surface area contributed by atoms with Crippen molar-refractivity contribution in [2.45, 2.75) is 19.9 Å². The normalized spacial score (nSPS) is 23.4. The molecular weight excluding hydrogens is 292 g/mol. The molecule has 1 aliphatic rings. The van der Waals surface area contributed by atoms with Crippen LogP contribution in [0.15, 0.2) is 18.6 Å². The standard InChI is InChI=1S/C13H20N4O3S/c1-9(2)10-7-17(21(3,19)20)8-12(10)16-13(18)11-6-14-4-5-15-11/h4-6,9-10,12H,7-8H2,1-3H3,(H,16,18). The van der Waals surface area contributed by atoms with Crippen molar-refractivity contribution in [1.29, 1.82) is 0 Å². The topological polar surface area (TPSA) is 92.3 Å². The molecule has 1 aromatic heterocycles. The summed E-state index contributed by atoms with van der Waals surface area (Å²) in [5.74, 6) is 0.0263. The van der Waals surface area contributed by atoms with Crippen molar-refractivity contribution in [3.8, 4) is 0 Å². The van der Waals surface area contributed by atoms with Gasteiger partial charge >= 0.3 is 0 Å². The van der Waals surface area contributed by atoms with E-state index in [0.717, 1.165) is 0 Å². The second kappa shape index (κ2) is 6.07. The second-order valence-corrected chi connectivity index (χ2v) is 7.64. The monoisotopic (exact) mass is 312 g/mol. The predicted octanol–water partition coefficient (Wildman–Crippen LogP) is 0.122. The fourth-order valence-electron chi connectivity index (χ4n) is 2.55. The summed E-state index contributed by atoms with van der Waals surface area (Å²) in [7, 11) is -3.25. The molecule has 116 valence electrons. The van der Waals surface area contributed by atoms with Crippen LogP contribution in [0.5, 0.6) is 0 Å². The van der Waals surface area contributed by atoms with E-state index in [1.807, 2.05) is 13.8 Å². The zero-order chi connectivity index (χ0) is 15.6. The van der Waals surface area contributed by atoms with Gasteiger partial charge in [0.2, 0.25) is 10.0 Å². The molecule has 2 atom stereocenters. The van der Waals surface area contributed by atoms with E-state index in [1.165, 1.54) is 29.2 Å². The number of carbonyl (C=O) groups excluding carboxylic acids is 1. The quantitative estimate of drug-likeness (QED) is 0.852. The molecule has 1 aliphatic heterocycles. The summed E-state index contributed by atoms with van der Waals surface area (Å²) >= 11 is 0. The largest absolute Gasteiger partial charge is 0.346 e. The highest BCUT2D eigenvalue weighted by atomic mass is 32.2. The second-order valence-electron chi connectivity index (χ2n) is 5.66. The molecule has 0 saturated carbocycles. The number of amides is 1. The molecule has 1 N–H and O–H groups in total. The Balaban J connectivity index is 2.12. The van der Waals surface area contributed by atoms with Crippen molar-refractivity contribution in [2.75, 3.05) is 19.3 Å². The number of sulfonamides is 1. The zero-order valence-electron chi connectivity index (χ0n) is 12.4. The summed E-state index contributed by atoms with van der Waals surface area (Å²) < 4.78 is 24.8. The van der Waals surface area contributed by atoms with Gasteiger partial charge in [0.25, 0.3) is 5.91 Å². The molecule has 2 unspecified atom stereocenters. The third-order valence-electron chi connectivity index (χ3n) is 3.77. The van der Waals surface area contributed by atoms with Crippen LogP contribution in [-0.2, 0) is 10.0 Å². The summed E-state index contributed by atoms with van der Waals surface area (Å²) in [6.07, 6.45) is 5.53. The van der Waals surface area contributed by atoms with Crippen LogP contribution >= 0.6 is 0 Å². The van der Waals surface area contributed by atoms with Crippen molar-refractivity contribution >= 4 is 15.9 Å². The Morgan fingerprint density at radius 1 is 1.38 bits per heavy atom. The van der Waals surface area contributed by atoms with Gasteiger partial charge in [0.15, 0.2) is 0 Å². The van der Waals surface area contributed by atoms with Gasteiger partial charge in [-0.1, -0.05) is 13.8 Å². The van der Waals surface area contributed by atoms with Crippen molar-refractivity contribution in [3.05, 3.63) is 24.3 Å².